The fourth-order valence-corrected chi connectivity index (χ4v) is 8.16. The molecular weight excluding hydrogens is 801 g/mol. The van der Waals surface area contributed by atoms with Gasteiger partial charge in [-0.2, -0.15) is 0 Å². The maximum atomic E-state index is 13.8. The van der Waals surface area contributed by atoms with E-state index in [-0.39, 0.29) is 49.2 Å². The number of hydrogen-bond acceptors (Lipinski definition) is 14. The number of carbonyl (C=O) groups is 2. The zero-order valence-corrected chi connectivity index (χ0v) is 36.2. The minimum Gasteiger partial charge on any atom is -0.491 e. The molecule has 3 aliphatic heterocycles. The maximum absolute atomic E-state index is 13.8. The lowest BCUT2D eigenvalue weighted by Crippen LogP contribution is -2.43. The number of carbonyl (C=O) groups excluding carboxylic acids is 2. The zero-order valence-electron chi connectivity index (χ0n) is 36.2. The monoisotopic (exact) mass is 860 g/mol. The van der Waals surface area contributed by atoms with E-state index in [1.807, 2.05) is 74.5 Å². The molecule has 14 nitrogen and oxygen atoms in total. The van der Waals surface area contributed by atoms with E-state index in [0.29, 0.717) is 75.7 Å². The van der Waals surface area contributed by atoms with E-state index in [1.165, 1.54) is 0 Å². The van der Waals surface area contributed by atoms with E-state index >= 15 is 0 Å². The van der Waals surface area contributed by atoms with E-state index in [4.69, 9.17) is 52.1 Å². The molecule has 9 atom stereocenters. The van der Waals surface area contributed by atoms with Gasteiger partial charge in [-0.05, 0) is 66.9 Å². The smallest absolute Gasteiger partial charge is 0.197 e. The number of benzene rings is 3. The van der Waals surface area contributed by atoms with Gasteiger partial charge in [-0.25, -0.2) is 0 Å². The average molecular weight is 861 g/mol. The van der Waals surface area contributed by atoms with Crippen molar-refractivity contribution in [1.82, 2.24) is 0 Å². The van der Waals surface area contributed by atoms with Gasteiger partial charge in [0.15, 0.2) is 24.1 Å². The van der Waals surface area contributed by atoms with Crippen LogP contribution in [0.25, 0.3) is 0 Å². The summed E-state index contributed by atoms with van der Waals surface area (Å²) in [7, 11) is 1.60. The third kappa shape index (κ3) is 11.3. The van der Waals surface area contributed by atoms with Gasteiger partial charge >= 0.3 is 0 Å². The van der Waals surface area contributed by atoms with Crippen molar-refractivity contribution in [3.63, 3.8) is 0 Å². The molecule has 9 unspecified atom stereocenters. The molecule has 7 rings (SSSR count). The summed E-state index contributed by atoms with van der Waals surface area (Å²) in [6.07, 6.45) is 1.71. The van der Waals surface area contributed by atoms with Crippen LogP contribution in [0.2, 0.25) is 0 Å². The molecule has 3 heterocycles. The Morgan fingerprint density at radius 1 is 0.742 bits per heavy atom. The number of epoxide rings is 1. The van der Waals surface area contributed by atoms with Crippen molar-refractivity contribution in [3.8, 4) is 17.2 Å². The van der Waals surface area contributed by atoms with Crippen molar-refractivity contribution in [3.05, 3.63) is 102 Å². The number of Topliss-reactive ketones (excluding diaryl/α,β-unsaturated/α-hetero) is 2. The SMILES string of the molecule is COC(C)OCCOCCOCCOC(C)Oc1ccc(C(C)(C)c2ccc(OCC(O)COCC34C=CC(O3)C3C(=O)C(c5ccc(OCC6CO6)cc5)C(=O)C34)cc2)cc1. The molecule has 1 aliphatic carbocycles. The van der Waals surface area contributed by atoms with Gasteiger partial charge in [0.25, 0.3) is 0 Å². The van der Waals surface area contributed by atoms with Crippen LogP contribution in [0, 0.1) is 11.8 Å². The second-order valence-electron chi connectivity index (χ2n) is 16.6. The average Bonchev–Trinajstić information content (AvgIpc) is 3.84. The molecule has 1 saturated carbocycles. The molecule has 1 N–H and O–H groups in total. The largest absolute Gasteiger partial charge is 0.491 e. The van der Waals surface area contributed by atoms with Crippen LogP contribution in [0.1, 0.15) is 50.3 Å². The Bertz CT molecular complexity index is 1930. The number of aliphatic hydroxyl groups excluding tert-OH is 1. The van der Waals surface area contributed by atoms with E-state index < -0.39 is 41.9 Å². The first kappa shape index (κ1) is 45.8. The van der Waals surface area contributed by atoms with Crippen LogP contribution in [0.5, 0.6) is 17.2 Å². The van der Waals surface area contributed by atoms with Crippen molar-refractivity contribution < 1.29 is 66.8 Å². The molecule has 3 fully saturated rings. The van der Waals surface area contributed by atoms with Crippen LogP contribution in [-0.4, -0.2) is 133 Å². The Morgan fingerprint density at radius 3 is 1.95 bits per heavy atom. The fraction of sp³-hybridized carbons (Fsp3) is 0.542. The lowest BCUT2D eigenvalue weighted by atomic mass is 9.77. The Kier molecular flexibility index (Phi) is 15.5. The first-order valence-electron chi connectivity index (χ1n) is 21.4. The first-order valence-corrected chi connectivity index (χ1v) is 21.4. The standard InChI is InChI=1S/C48H60O14/c1-31(52-5)56-24-22-53-20-21-54-23-25-57-32(2)61-39-16-10-35(11-17-39)47(3,4)34-8-14-38(15-9-34)58-27-36(49)26-55-30-48-19-18-41(62-48)43-44(48)46(51)42(45(43)50)33-6-12-37(13-7-33)59-28-40-29-60-40/h6-19,31-32,36,40-44,49H,20-30H2,1-5H3. The van der Waals surface area contributed by atoms with Gasteiger partial charge in [-0.15, -0.1) is 0 Å². The molecule has 2 saturated heterocycles. The summed E-state index contributed by atoms with van der Waals surface area (Å²) in [5, 5.41) is 10.8. The van der Waals surface area contributed by atoms with Gasteiger partial charge in [-0.3, -0.25) is 9.59 Å². The van der Waals surface area contributed by atoms with Crippen molar-refractivity contribution >= 4 is 11.6 Å². The Balaban J connectivity index is 0.801. The van der Waals surface area contributed by atoms with E-state index in [2.05, 4.69) is 13.8 Å². The first-order chi connectivity index (χ1) is 30.0. The highest BCUT2D eigenvalue weighted by Gasteiger charge is 2.68. The summed E-state index contributed by atoms with van der Waals surface area (Å²) >= 11 is 0. The molecule has 0 radical (unpaired) electrons. The summed E-state index contributed by atoms with van der Waals surface area (Å²) in [5.41, 5.74) is 1.47. The van der Waals surface area contributed by atoms with Gasteiger partial charge in [0, 0.05) is 12.5 Å². The number of fused-ring (bicyclic) bond motifs is 5. The third-order valence-electron chi connectivity index (χ3n) is 11.8. The van der Waals surface area contributed by atoms with E-state index in [9.17, 15) is 14.7 Å². The van der Waals surface area contributed by atoms with Crippen LogP contribution in [0.4, 0.5) is 0 Å². The molecule has 62 heavy (non-hydrogen) atoms. The summed E-state index contributed by atoms with van der Waals surface area (Å²) < 4.78 is 62.1. The van der Waals surface area contributed by atoms with Crippen LogP contribution in [-0.2, 0) is 52.9 Å². The lowest BCUT2D eigenvalue weighted by Gasteiger charge is -2.29. The predicted molar refractivity (Wildman–Crippen MR) is 226 cm³/mol. The third-order valence-corrected chi connectivity index (χ3v) is 11.8. The quantitative estimate of drug-likeness (QED) is 0.0350. The van der Waals surface area contributed by atoms with Gasteiger partial charge in [0.05, 0.1) is 77.4 Å². The number of methoxy groups -OCH3 is 1. The normalized spacial score (nSPS) is 25.2. The van der Waals surface area contributed by atoms with Crippen molar-refractivity contribution in [2.75, 3.05) is 79.8 Å². The molecule has 14 heteroatoms. The molecule has 336 valence electrons. The molecule has 0 aromatic heterocycles. The highest BCUT2D eigenvalue weighted by molar-refractivity contribution is 6.17. The second-order valence-corrected chi connectivity index (χ2v) is 16.6. The molecule has 0 spiro atoms. The van der Waals surface area contributed by atoms with Crippen molar-refractivity contribution in [2.24, 2.45) is 11.8 Å². The molecule has 0 amide bonds. The molecular formula is C48H60O14. The predicted octanol–water partition coefficient (Wildman–Crippen LogP) is 5.21. The molecule has 3 aromatic carbocycles. The Morgan fingerprint density at radius 2 is 1.32 bits per heavy atom. The number of rotatable bonds is 27. The summed E-state index contributed by atoms with van der Waals surface area (Å²) in [4.78, 5) is 27.5. The van der Waals surface area contributed by atoms with Gasteiger partial charge in [-0.1, -0.05) is 62.4 Å². The number of aliphatic hydroxyl groups is 1. The van der Waals surface area contributed by atoms with E-state index in [0.717, 1.165) is 11.1 Å². The fourth-order valence-electron chi connectivity index (χ4n) is 8.16. The Hall–Kier alpha value is -4.22. The summed E-state index contributed by atoms with van der Waals surface area (Å²) in [6, 6.07) is 22.9. The van der Waals surface area contributed by atoms with Gasteiger partial charge in [0.2, 0.25) is 0 Å². The van der Waals surface area contributed by atoms with Crippen molar-refractivity contribution in [1.29, 1.82) is 0 Å². The van der Waals surface area contributed by atoms with Crippen LogP contribution >= 0.6 is 0 Å². The van der Waals surface area contributed by atoms with E-state index in [1.54, 1.807) is 31.4 Å². The highest BCUT2D eigenvalue weighted by Crippen LogP contribution is 2.55. The second kappa shape index (κ2) is 21.0. The minimum absolute atomic E-state index is 0.00524. The van der Waals surface area contributed by atoms with Gasteiger partial charge in [0.1, 0.15) is 54.2 Å². The topological polar surface area (TPSA) is 159 Å². The van der Waals surface area contributed by atoms with Crippen LogP contribution in [0.3, 0.4) is 0 Å². The van der Waals surface area contributed by atoms with Crippen molar-refractivity contribution in [2.45, 2.75) is 75.5 Å². The van der Waals surface area contributed by atoms with Crippen LogP contribution < -0.4 is 14.2 Å². The maximum Gasteiger partial charge on any atom is 0.197 e. The van der Waals surface area contributed by atoms with Gasteiger partial charge < -0.3 is 57.2 Å². The summed E-state index contributed by atoms with van der Waals surface area (Å²) in [6.45, 7) is 11.9. The van der Waals surface area contributed by atoms with Crippen LogP contribution in [0.15, 0.2) is 84.9 Å². The number of ketones is 2. The lowest BCUT2D eigenvalue weighted by molar-refractivity contribution is -0.132. The summed E-state index contributed by atoms with van der Waals surface area (Å²) in [5.74, 6) is -0.405. The number of hydrogen-bond donors (Lipinski definition) is 1. The number of ether oxygens (including phenoxy) is 11. The minimum atomic E-state index is -1.05. The Labute approximate surface area is 363 Å². The molecule has 4 aliphatic rings. The molecule has 3 aromatic rings. The highest BCUT2D eigenvalue weighted by atomic mass is 16.7. The molecule has 2 bridgehead atoms. The zero-order chi connectivity index (χ0) is 43.7.